The van der Waals surface area contributed by atoms with Gasteiger partial charge in [0.05, 0.1) is 21.3 Å². The monoisotopic (exact) mass is 305 g/mol. The van der Waals surface area contributed by atoms with Crippen LogP contribution in [0.1, 0.15) is 23.2 Å². The van der Waals surface area contributed by atoms with Crippen LogP contribution < -0.4 is 5.32 Å². The molecule has 0 heterocycles. The van der Waals surface area contributed by atoms with Crippen molar-refractivity contribution in [2.24, 2.45) is 0 Å². The molecule has 5 nitrogen and oxygen atoms in total. The number of hydrogen-bond acceptors (Lipinski definition) is 3. The second-order valence-electron chi connectivity index (χ2n) is 3.76. The number of carboxylic acid groups (broad SMARTS) is 1. The predicted molar refractivity (Wildman–Crippen MR) is 73.2 cm³/mol. The molecule has 0 aliphatic heterocycles. The fourth-order valence-corrected chi connectivity index (χ4v) is 1.98. The summed E-state index contributed by atoms with van der Waals surface area (Å²) in [5.41, 5.74) is 0.183. The molecule has 19 heavy (non-hydrogen) atoms. The molecule has 1 amide bonds. The number of ether oxygens (including phenoxy) is 1. The third kappa shape index (κ3) is 4.70. The molecule has 0 unspecified atom stereocenters. The van der Waals surface area contributed by atoms with Crippen molar-refractivity contribution in [2.45, 2.75) is 12.8 Å². The van der Waals surface area contributed by atoms with E-state index in [1.165, 1.54) is 12.1 Å². The number of carboxylic acids is 1. The van der Waals surface area contributed by atoms with Gasteiger partial charge < -0.3 is 15.2 Å². The molecule has 0 bridgehead atoms. The first-order valence-electron chi connectivity index (χ1n) is 5.46. The highest BCUT2D eigenvalue weighted by Crippen LogP contribution is 2.32. The van der Waals surface area contributed by atoms with Gasteiger partial charge >= 0.3 is 5.97 Å². The molecule has 0 spiro atoms. The summed E-state index contributed by atoms with van der Waals surface area (Å²) in [6.45, 7) is 0.479. The maximum atomic E-state index is 11.6. The van der Waals surface area contributed by atoms with E-state index >= 15 is 0 Å². The van der Waals surface area contributed by atoms with Crippen molar-refractivity contribution in [2.75, 3.05) is 19.0 Å². The molecule has 0 saturated heterocycles. The minimum Gasteiger partial charge on any atom is -0.478 e. The Morgan fingerprint density at radius 2 is 1.89 bits per heavy atom. The van der Waals surface area contributed by atoms with Crippen LogP contribution in [-0.4, -0.2) is 30.7 Å². The molecule has 0 atom stereocenters. The van der Waals surface area contributed by atoms with Crippen molar-refractivity contribution in [3.63, 3.8) is 0 Å². The van der Waals surface area contributed by atoms with Crippen molar-refractivity contribution in [3.8, 4) is 0 Å². The number of benzene rings is 1. The summed E-state index contributed by atoms with van der Waals surface area (Å²) in [4.78, 5) is 22.4. The zero-order chi connectivity index (χ0) is 14.4. The number of methoxy groups -OCH3 is 1. The molecule has 1 rings (SSSR count). The average Bonchev–Trinajstić information content (AvgIpc) is 2.33. The Bertz CT molecular complexity index is 468. The van der Waals surface area contributed by atoms with Gasteiger partial charge in [0, 0.05) is 20.1 Å². The van der Waals surface area contributed by atoms with Crippen molar-refractivity contribution in [1.82, 2.24) is 0 Å². The molecule has 7 heteroatoms. The number of amides is 1. The first kappa shape index (κ1) is 15.8. The van der Waals surface area contributed by atoms with E-state index in [1.807, 2.05) is 0 Å². The van der Waals surface area contributed by atoms with Gasteiger partial charge in [-0.25, -0.2) is 4.79 Å². The van der Waals surface area contributed by atoms with E-state index in [9.17, 15) is 9.59 Å². The molecule has 2 N–H and O–H groups in total. The van der Waals surface area contributed by atoms with Gasteiger partial charge in [-0.2, -0.15) is 0 Å². The molecule has 0 aromatic heterocycles. The summed E-state index contributed by atoms with van der Waals surface area (Å²) in [6, 6.07) is 2.47. The number of carbonyl (C=O) groups is 2. The summed E-state index contributed by atoms with van der Waals surface area (Å²) in [5.74, 6) is -1.40. The second-order valence-corrected chi connectivity index (χ2v) is 4.58. The zero-order valence-corrected chi connectivity index (χ0v) is 11.7. The summed E-state index contributed by atoms with van der Waals surface area (Å²) < 4.78 is 4.83. The Morgan fingerprint density at radius 3 is 2.37 bits per heavy atom. The normalized spacial score (nSPS) is 10.3. The topological polar surface area (TPSA) is 75.6 Å². The zero-order valence-electron chi connectivity index (χ0n) is 10.2. The van der Waals surface area contributed by atoms with E-state index < -0.39 is 5.97 Å². The SMILES string of the molecule is COCCCC(=O)Nc1c(Cl)cc(C(=O)O)cc1Cl. The van der Waals surface area contributed by atoms with Gasteiger partial charge in [0.15, 0.2) is 0 Å². The minimum atomic E-state index is -1.14. The van der Waals surface area contributed by atoms with Crippen LogP contribution in [-0.2, 0) is 9.53 Å². The highest BCUT2D eigenvalue weighted by molar-refractivity contribution is 6.40. The first-order valence-corrected chi connectivity index (χ1v) is 6.22. The van der Waals surface area contributed by atoms with Crippen molar-refractivity contribution < 1.29 is 19.4 Å². The van der Waals surface area contributed by atoms with E-state index in [0.717, 1.165) is 0 Å². The van der Waals surface area contributed by atoms with Crippen LogP contribution >= 0.6 is 23.2 Å². The van der Waals surface area contributed by atoms with E-state index in [4.69, 9.17) is 33.0 Å². The fourth-order valence-electron chi connectivity index (χ4n) is 1.40. The number of hydrogen-bond donors (Lipinski definition) is 2. The number of nitrogens with one attached hydrogen (secondary N) is 1. The molecule has 104 valence electrons. The fraction of sp³-hybridized carbons (Fsp3) is 0.333. The van der Waals surface area contributed by atoms with Gasteiger partial charge in [0.1, 0.15) is 0 Å². The molecule has 0 aliphatic rings. The highest BCUT2D eigenvalue weighted by Gasteiger charge is 2.14. The molecule has 0 fully saturated rings. The third-order valence-electron chi connectivity index (χ3n) is 2.31. The Labute approximate surface area is 120 Å². The standard InChI is InChI=1S/C12H13Cl2NO4/c1-19-4-2-3-10(16)15-11-8(13)5-7(12(17)18)6-9(11)14/h5-6H,2-4H2,1H3,(H,15,16)(H,17,18). The Hall–Kier alpha value is -1.30. The number of halogens is 2. The van der Waals surface area contributed by atoms with Crippen molar-refractivity contribution in [3.05, 3.63) is 27.7 Å². The van der Waals surface area contributed by atoms with Gasteiger partial charge in [-0.15, -0.1) is 0 Å². The lowest BCUT2D eigenvalue weighted by atomic mass is 10.2. The van der Waals surface area contributed by atoms with Gasteiger partial charge in [-0.1, -0.05) is 23.2 Å². The number of aromatic carboxylic acids is 1. The number of carbonyl (C=O) groups excluding carboxylic acids is 1. The predicted octanol–water partition coefficient (Wildman–Crippen LogP) is 3.06. The van der Waals surface area contributed by atoms with Gasteiger partial charge in [0.25, 0.3) is 0 Å². The molecule has 0 radical (unpaired) electrons. The molecular formula is C12H13Cl2NO4. The highest BCUT2D eigenvalue weighted by atomic mass is 35.5. The quantitative estimate of drug-likeness (QED) is 0.792. The lowest BCUT2D eigenvalue weighted by Gasteiger charge is -2.10. The molecule has 1 aromatic rings. The summed E-state index contributed by atoms with van der Waals surface area (Å²) in [5, 5.41) is 11.6. The smallest absolute Gasteiger partial charge is 0.335 e. The van der Waals surface area contributed by atoms with Crippen LogP contribution in [0.2, 0.25) is 10.0 Å². The number of anilines is 1. The van der Waals surface area contributed by atoms with E-state index in [-0.39, 0.29) is 33.6 Å². The molecule has 1 aromatic carbocycles. The molecule has 0 saturated carbocycles. The van der Waals surface area contributed by atoms with E-state index in [0.29, 0.717) is 13.0 Å². The van der Waals surface area contributed by atoms with Gasteiger partial charge in [-0.3, -0.25) is 4.79 Å². The van der Waals surface area contributed by atoms with Crippen LogP contribution in [0.3, 0.4) is 0 Å². The van der Waals surface area contributed by atoms with Crippen LogP contribution in [0.4, 0.5) is 5.69 Å². The Balaban J connectivity index is 2.79. The minimum absolute atomic E-state index is 0.0348. The summed E-state index contributed by atoms with van der Waals surface area (Å²) >= 11 is 11.8. The maximum absolute atomic E-state index is 11.6. The van der Waals surface area contributed by atoms with Crippen molar-refractivity contribution in [1.29, 1.82) is 0 Å². The van der Waals surface area contributed by atoms with Crippen LogP contribution in [0.5, 0.6) is 0 Å². The Kier molecular flexibility index (Phi) is 6.08. The molecular weight excluding hydrogens is 293 g/mol. The maximum Gasteiger partial charge on any atom is 0.335 e. The molecule has 0 aliphatic carbocycles. The number of rotatable bonds is 6. The third-order valence-corrected chi connectivity index (χ3v) is 2.90. The van der Waals surface area contributed by atoms with Crippen LogP contribution in [0.15, 0.2) is 12.1 Å². The van der Waals surface area contributed by atoms with Crippen molar-refractivity contribution >= 4 is 40.8 Å². The van der Waals surface area contributed by atoms with Crippen LogP contribution in [0.25, 0.3) is 0 Å². The van der Waals surface area contributed by atoms with E-state index in [1.54, 1.807) is 7.11 Å². The lowest BCUT2D eigenvalue weighted by Crippen LogP contribution is -2.13. The first-order chi connectivity index (χ1) is 8.95. The summed E-state index contributed by atoms with van der Waals surface area (Å²) in [6.07, 6.45) is 0.839. The largest absolute Gasteiger partial charge is 0.478 e. The van der Waals surface area contributed by atoms with Crippen LogP contribution in [0, 0.1) is 0 Å². The van der Waals surface area contributed by atoms with Gasteiger partial charge in [-0.05, 0) is 18.6 Å². The summed E-state index contributed by atoms with van der Waals surface area (Å²) in [7, 11) is 1.55. The Morgan fingerprint density at radius 1 is 1.32 bits per heavy atom. The lowest BCUT2D eigenvalue weighted by molar-refractivity contribution is -0.116. The van der Waals surface area contributed by atoms with Gasteiger partial charge in [0.2, 0.25) is 5.91 Å². The van der Waals surface area contributed by atoms with E-state index in [2.05, 4.69) is 5.32 Å². The second kappa shape index (κ2) is 7.33. The average molecular weight is 306 g/mol.